The number of esters is 1. The molecule has 0 saturated heterocycles. The Morgan fingerprint density at radius 1 is 1.00 bits per heavy atom. The molecule has 0 aliphatic heterocycles. The Balaban J connectivity index is 1.55. The summed E-state index contributed by atoms with van der Waals surface area (Å²) >= 11 is 0. The third kappa shape index (κ3) is 9.37. The molecule has 0 spiro atoms. The number of unbranched alkanes of at least 4 members (excludes halogenated alkanes) is 2. The summed E-state index contributed by atoms with van der Waals surface area (Å²) in [6.45, 7) is 9.73. The molecule has 2 fully saturated rings. The largest absolute Gasteiger partial charge is 0.462 e. The van der Waals surface area contributed by atoms with Gasteiger partial charge in [0.1, 0.15) is 6.61 Å². The maximum Gasteiger partial charge on any atom is 0.383 e. The van der Waals surface area contributed by atoms with Crippen LogP contribution in [0.15, 0.2) is 30.4 Å². The Bertz CT molecular complexity index is 930. The van der Waals surface area contributed by atoms with Crippen LogP contribution in [0.1, 0.15) is 120 Å². The van der Waals surface area contributed by atoms with Gasteiger partial charge in [-0.1, -0.05) is 71.1 Å². The van der Waals surface area contributed by atoms with E-state index in [4.69, 9.17) is 14.2 Å². The molecule has 226 valence electrons. The van der Waals surface area contributed by atoms with Gasteiger partial charge in [-0.25, -0.2) is 4.79 Å². The number of ether oxygens (including phenoxy) is 3. The Morgan fingerprint density at radius 3 is 2.23 bits per heavy atom. The molecular formula is C34H52F2O4. The highest BCUT2D eigenvalue weighted by molar-refractivity contribution is 5.86. The highest BCUT2D eigenvalue weighted by atomic mass is 19.3. The molecule has 40 heavy (non-hydrogen) atoms. The molecule has 2 aliphatic rings. The number of halogens is 2. The average Bonchev–Trinajstić information content (AvgIpc) is 2.95. The molecule has 0 radical (unpaired) electrons. The third-order valence-corrected chi connectivity index (χ3v) is 9.23. The molecule has 0 aromatic heterocycles. The van der Waals surface area contributed by atoms with Crippen molar-refractivity contribution in [3.63, 3.8) is 0 Å². The van der Waals surface area contributed by atoms with Gasteiger partial charge in [0.2, 0.25) is 0 Å². The first-order valence-corrected chi connectivity index (χ1v) is 15.7. The number of hydrogen-bond donors (Lipinski definition) is 0. The number of alkyl halides is 2. The van der Waals surface area contributed by atoms with Crippen LogP contribution in [0.25, 0.3) is 0 Å². The Morgan fingerprint density at radius 2 is 1.65 bits per heavy atom. The number of methoxy groups -OCH3 is 1. The van der Waals surface area contributed by atoms with E-state index in [1.165, 1.54) is 57.4 Å². The molecule has 2 aliphatic carbocycles. The topological polar surface area (TPSA) is 44.8 Å². The standard InChI is InChI=1S/C34H52F2O4/c1-6-8-9-10-25-11-13-27(14-12-25)28-15-18-31(19-16-28)40-34(35,36)32-20-17-29(21-26(32)7-2)30(22-38-5)23-39-33(37)24(3)4/h17,20-21,25,27-28,30-31H,3,6-16,18-19,22-23H2,1-2,4-5H3. The van der Waals surface area contributed by atoms with Crippen LogP contribution in [0, 0.1) is 17.8 Å². The van der Waals surface area contributed by atoms with E-state index >= 15 is 8.78 Å². The highest BCUT2D eigenvalue weighted by Crippen LogP contribution is 2.44. The molecule has 1 unspecified atom stereocenters. The van der Waals surface area contributed by atoms with Crippen LogP contribution in [0.4, 0.5) is 8.78 Å². The fraction of sp³-hybridized carbons (Fsp3) is 0.735. The second-order valence-electron chi connectivity index (χ2n) is 12.2. The summed E-state index contributed by atoms with van der Waals surface area (Å²) in [4.78, 5) is 11.9. The van der Waals surface area contributed by atoms with Gasteiger partial charge in [-0.05, 0) is 86.8 Å². The molecule has 2 saturated carbocycles. The lowest BCUT2D eigenvalue weighted by molar-refractivity contribution is -0.278. The summed E-state index contributed by atoms with van der Waals surface area (Å²) < 4.78 is 47.2. The maximum atomic E-state index is 15.5. The third-order valence-electron chi connectivity index (χ3n) is 9.23. The van der Waals surface area contributed by atoms with Crippen molar-refractivity contribution in [2.24, 2.45) is 17.8 Å². The number of hydrogen-bond acceptors (Lipinski definition) is 4. The van der Waals surface area contributed by atoms with Gasteiger partial charge in [-0.2, -0.15) is 8.78 Å². The first-order chi connectivity index (χ1) is 19.2. The monoisotopic (exact) mass is 562 g/mol. The van der Waals surface area contributed by atoms with E-state index in [-0.39, 0.29) is 18.1 Å². The van der Waals surface area contributed by atoms with Gasteiger partial charge < -0.3 is 14.2 Å². The van der Waals surface area contributed by atoms with Crippen molar-refractivity contribution >= 4 is 5.97 Å². The highest BCUT2D eigenvalue weighted by Gasteiger charge is 2.40. The molecular weight excluding hydrogens is 510 g/mol. The van der Waals surface area contributed by atoms with Gasteiger partial charge in [-0.15, -0.1) is 0 Å². The SMILES string of the molecule is C=C(C)C(=O)OCC(COC)c1ccc(C(F)(F)OC2CCC(C3CCC(CCCCC)CC3)CC2)c(CC)c1. The van der Waals surface area contributed by atoms with Crippen molar-refractivity contribution in [2.75, 3.05) is 20.3 Å². The zero-order valence-electron chi connectivity index (χ0n) is 25.3. The van der Waals surface area contributed by atoms with Gasteiger partial charge in [0, 0.05) is 18.6 Å². The Hall–Kier alpha value is -1.79. The molecule has 0 heterocycles. The van der Waals surface area contributed by atoms with Crippen molar-refractivity contribution in [3.8, 4) is 0 Å². The molecule has 1 aromatic carbocycles. The number of rotatable bonds is 15. The van der Waals surface area contributed by atoms with Crippen molar-refractivity contribution < 1.29 is 27.8 Å². The lowest BCUT2D eigenvalue weighted by Crippen LogP contribution is -2.33. The molecule has 1 aromatic rings. The summed E-state index contributed by atoms with van der Waals surface area (Å²) in [6.07, 6.45) is 10.8. The van der Waals surface area contributed by atoms with E-state index in [0.29, 0.717) is 42.9 Å². The van der Waals surface area contributed by atoms with Crippen molar-refractivity contribution in [1.29, 1.82) is 0 Å². The van der Waals surface area contributed by atoms with E-state index in [1.807, 2.05) is 6.92 Å². The summed E-state index contributed by atoms with van der Waals surface area (Å²) in [5, 5.41) is 0. The lowest BCUT2D eigenvalue weighted by atomic mass is 9.70. The minimum atomic E-state index is -3.35. The van der Waals surface area contributed by atoms with Crippen LogP contribution >= 0.6 is 0 Å². The van der Waals surface area contributed by atoms with Crippen molar-refractivity contribution in [1.82, 2.24) is 0 Å². The van der Waals surface area contributed by atoms with Gasteiger partial charge in [0.25, 0.3) is 0 Å². The molecule has 3 rings (SSSR count). The summed E-state index contributed by atoms with van der Waals surface area (Å²) in [5.74, 6) is 1.59. The van der Waals surface area contributed by atoms with Crippen molar-refractivity contribution in [2.45, 2.75) is 122 Å². The second kappa shape index (κ2) is 16.0. The van der Waals surface area contributed by atoms with E-state index in [9.17, 15) is 4.79 Å². The zero-order valence-corrected chi connectivity index (χ0v) is 25.3. The molecule has 1 atom stereocenters. The Kier molecular flexibility index (Phi) is 13.1. The second-order valence-corrected chi connectivity index (χ2v) is 12.2. The van der Waals surface area contributed by atoms with Crippen LogP contribution in [0.2, 0.25) is 0 Å². The van der Waals surface area contributed by atoms with Gasteiger partial charge in [0.05, 0.1) is 18.3 Å². The predicted molar refractivity (Wildman–Crippen MR) is 157 cm³/mol. The minimum Gasteiger partial charge on any atom is -0.462 e. The van der Waals surface area contributed by atoms with Gasteiger partial charge in [0.15, 0.2) is 0 Å². The molecule has 0 bridgehead atoms. The average molecular weight is 563 g/mol. The van der Waals surface area contributed by atoms with E-state index in [1.54, 1.807) is 26.2 Å². The fourth-order valence-corrected chi connectivity index (χ4v) is 6.77. The van der Waals surface area contributed by atoms with E-state index in [0.717, 1.165) is 30.2 Å². The summed E-state index contributed by atoms with van der Waals surface area (Å²) in [5.41, 5.74) is 1.58. The Labute approximate surface area is 241 Å². The summed E-state index contributed by atoms with van der Waals surface area (Å²) in [6, 6.07) is 4.93. The summed E-state index contributed by atoms with van der Waals surface area (Å²) in [7, 11) is 1.57. The van der Waals surface area contributed by atoms with Crippen LogP contribution in [0.3, 0.4) is 0 Å². The zero-order chi connectivity index (χ0) is 29.1. The lowest BCUT2D eigenvalue weighted by Gasteiger charge is -2.38. The van der Waals surface area contributed by atoms with Crippen LogP contribution in [-0.2, 0) is 31.5 Å². The van der Waals surface area contributed by atoms with Crippen LogP contribution < -0.4 is 0 Å². The normalized spacial score (nSPS) is 24.4. The maximum absolute atomic E-state index is 15.5. The number of carbonyl (C=O) groups excluding carboxylic acids is 1. The minimum absolute atomic E-state index is 0.0719. The van der Waals surface area contributed by atoms with Gasteiger partial charge >= 0.3 is 12.1 Å². The van der Waals surface area contributed by atoms with Crippen LogP contribution in [-0.4, -0.2) is 32.4 Å². The quantitative estimate of drug-likeness (QED) is 0.121. The fourth-order valence-electron chi connectivity index (χ4n) is 6.77. The van der Waals surface area contributed by atoms with Crippen LogP contribution in [0.5, 0.6) is 0 Å². The molecule has 6 heteroatoms. The van der Waals surface area contributed by atoms with Gasteiger partial charge in [-0.3, -0.25) is 0 Å². The molecule has 4 nitrogen and oxygen atoms in total. The number of aryl methyl sites for hydroxylation is 1. The smallest absolute Gasteiger partial charge is 0.383 e. The molecule has 0 amide bonds. The predicted octanol–water partition coefficient (Wildman–Crippen LogP) is 9.11. The number of carbonyl (C=O) groups is 1. The van der Waals surface area contributed by atoms with E-state index in [2.05, 4.69) is 13.5 Å². The first-order valence-electron chi connectivity index (χ1n) is 15.7. The van der Waals surface area contributed by atoms with Crippen molar-refractivity contribution in [3.05, 3.63) is 47.0 Å². The number of benzene rings is 1. The van der Waals surface area contributed by atoms with E-state index < -0.39 is 18.2 Å². The molecule has 0 N–H and O–H groups in total. The first kappa shape index (κ1) is 32.7.